The van der Waals surface area contributed by atoms with Crippen molar-refractivity contribution < 1.29 is 32.5 Å². The Hall–Kier alpha value is -1.76. The third-order valence-corrected chi connectivity index (χ3v) is 2.64. The Labute approximate surface area is 114 Å². The van der Waals surface area contributed by atoms with E-state index in [0.717, 1.165) is 12.1 Å². The summed E-state index contributed by atoms with van der Waals surface area (Å²) < 4.78 is 46.8. The first-order chi connectivity index (χ1) is 9.38. The number of halogens is 3. The van der Waals surface area contributed by atoms with Crippen molar-refractivity contribution in [2.45, 2.75) is 12.6 Å². The summed E-state index contributed by atoms with van der Waals surface area (Å²) in [7, 11) is 1.21. The lowest BCUT2D eigenvalue weighted by atomic mass is 10.1. The third kappa shape index (κ3) is 4.73. The zero-order valence-corrected chi connectivity index (χ0v) is 10.8. The van der Waals surface area contributed by atoms with E-state index in [4.69, 9.17) is 9.84 Å². The molecule has 1 aromatic rings. The van der Waals surface area contributed by atoms with Crippen LogP contribution in [0.2, 0.25) is 0 Å². The van der Waals surface area contributed by atoms with Crippen LogP contribution in [0, 0.1) is 5.92 Å². The standard InChI is InChI=1S/C13H15F3O4/c1-19-12(18)9(6-7-17)8-20-11-4-2-10(3-5-11)13(14,15)16/h2-5,9,17H,6-8H2,1H3. The summed E-state index contributed by atoms with van der Waals surface area (Å²) in [6.07, 6.45) is -4.24. The first kappa shape index (κ1) is 16.3. The summed E-state index contributed by atoms with van der Waals surface area (Å²) >= 11 is 0. The Bertz CT molecular complexity index is 428. The SMILES string of the molecule is COC(=O)C(CCO)COc1ccc(C(F)(F)F)cc1. The molecule has 1 atom stereocenters. The minimum absolute atomic E-state index is 0.0708. The highest BCUT2D eigenvalue weighted by Gasteiger charge is 2.30. The molecular weight excluding hydrogens is 277 g/mol. The number of esters is 1. The molecule has 0 aliphatic rings. The smallest absolute Gasteiger partial charge is 0.416 e. The number of rotatable bonds is 6. The van der Waals surface area contributed by atoms with Crippen molar-refractivity contribution in [2.24, 2.45) is 5.92 Å². The van der Waals surface area contributed by atoms with Gasteiger partial charge in [0.1, 0.15) is 12.4 Å². The Morgan fingerprint density at radius 3 is 2.35 bits per heavy atom. The Morgan fingerprint density at radius 1 is 1.30 bits per heavy atom. The first-order valence-electron chi connectivity index (χ1n) is 5.87. The predicted octanol–water partition coefficient (Wildman–Crippen LogP) is 2.26. The number of methoxy groups -OCH3 is 1. The highest BCUT2D eigenvalue weighted by atomic mass is 19.4. The summed E-state index contributed by atoms with van der Waals surface area (Å²) in [6, 6.07) is 4.15. The normalized spacial score (nSPS) is 12.8. The monoisotopic (exact) mass is 292 g/mol. The second-order valence-electron chi connectivity index (χ2n) is 4.07. The van der Waals surface area contributed by atoms with Gasteiger partial charge in [-0.3, -0.25) is 4.79 Å². The van der Waals surface area contributed by atoms with Gasteiger partial charge in [-0.1, -0.05) is 0 Å². The minimum Gasteiger partial charge on any atom is -0.493 e. The third-order valence-electron chi connectivity index (χ3n) is 2.64. The van der Waals surface area contributed by atoms with Gasteiger partial charge in [-0.2, -0.15) is 13.2 Å². The second kappa shape index (κ2) is 7.14. The van der Waals surface area contributed by atoms with Gasteiger partial charge in [-0.25, -0.2) is 0 Å². The zero-order chi connectivity index (χ0) is 15.2. The van der Waals surface area contributed by atoms with Crippen molar-refractivity contribution in [1.29, 1.82) is 0 Å². The summed E-state index contributed by atoms with van der Waals surface area (Å²) in [5, 5.41) is 8.82. The number of carbonyl (C=O) groups excluding carboxylic acids is 1. The van der Waals surface area contributed by atoms with Gasteiger partial charge >= 0.3 is 12.1 Å². The van der Waals surface area contributed by atoms with Gasteiger partial charge in [0, 0.05) is 6.61 Å². The first-order valence-corrected chi connectivity index (χ1v) is 5.87. The van der Waals surface area contributed by atoms with Crippen LogP contribution in [0.1, 0.15) is 12.0 Å². The second-order valence-corrected chi connectivity index (χ2v) is 4.07. The molecule has 0 saturated heterocycles. The number of ether oxygens (including phenoxy) is 2. The highest BCUT2D eigenvalue weighted by molar-refractivity contribution is 5.72. The maximum Gasteiger partial charge on any atom is 0.416 e. The van der Waals surface area contributed by atoms with E-state index in [1.165, 1.54) is 19.2 Å². The van der Waals surface area contributed by atoms with Crippen molar-refractivity contribution in [3.05, 3.63) is 29.8 Å². The van der Waals surface area contributed by atoms with Gasteiger partial charge in [-0.05, 0) is 30.7 Å². The van der Waals surface area contributed by atoms with E-state index in [9.17, 15) is 18.0 Å². The summed E-state index contributed by atoms with van der Waals surface area (Å²) in [4.78, 5) is 11.3. The van der Waals surface area contributed by atoms with Gasteiger partial charge in [0.05, 0.1) is 18.6 Å². The van der Waals surface area contributed by atoms with Crippen LogP contribution in [0.5, 0.6) is 5.75 Å². The Balaban J connectivity index is 2.62. The number of aliphatic hydroxyl groups excluding tert-OH is 1. The molecule has 20 heavy (non-hydrogen) atoms. The quantitative estimate of drug-likeness (QED) is 0.817. The van der Waals surface area contributed by atoms with E-state index in [2.05, 4.69) is 4.74 Å². The van der Waals surface area contributed by atoms with Crippen LogP contribution >= 0.6 is 0 Å². The van der Waals surface area contributed by atoms with Crippen LogP contribution in [0.3, 0.4) is 0 Å². The molecule has 0 amide bonds. The maximum absolute atomic E-state index is 12.4. The van der Waals surface area contributed by atoms with Crippen LogP contribution in [-0.2, 0) is 15.7 Å². The molecule has 112 valence electrons. The fourth-order valence-electron chi connectivity index (χ4n) is 1.53. The van der Waals surface area contributed by atoms with Gasteiger partial charge in [0.2, 0.25) is 0 Å². The van der Waals surface area contributed by atoms with Crippen LogP contribution < -0.4 is 4.74 Å². The van der Waals surface area contributed by atoms with Crippen molar-refractivity contribution in [2.75, 3.05) is 20.3 Å². The van der Waals surface area contributed by atoms with E-state index < -0.39 is 23.6 Å². The fraction of sp³-hybridized carbons (Fsp3) is 0.462. The molecule has 4 nitrogen and oxygen atoms in total. The largest absolute Gasteiger partial charge is 0.493 e. The molecule has 0 spiro atoms. The fourth-order valence-corrected chi connectivity index (χ4v) is 1.53. The molecule has 0 aliphatic heterocycles. The summed E-state index contributed by atoms with van der Waals surface area (Å²) in [6.45, 7) is -0.283. The molecule has 7 heteroatoms. The molecule has 0 aromatic heterocycles. The van der Waals surface area contributed by atoms with Crippen LogP contribution in [0.25, 0.3) is 0 Å². The molecule has 0 saturated carbocycles. The topological polar surface area (TPSA) is 55.8 Å². The minimum atomic E-state index is -4.40. The molecule has 0 aliphatic carbocycles. The molecule has 0 radical (unpaired) electrons. The van der Waals surface area contributed by atoms with E-state index in [1.54, 1.807) is 0 Å². The number of hydrogen-bond donors (Lipinski definition) is 1. The number of hydrogen-bond acceptors (Lipinski definition) is 4. The Kier molecular flexibility index (Phi) is 5.82. The van der Waals surface area contributed by atoms with Crippen LogP contribution in [0.4, 0.5) is 13.2 Å². The van der Waals surface area contributed by atoms with E-state index in [-0.39, 0.29) is 25.4 Å². The Morgan fingerprint density at radius 2 is 1.90 bits per heavy atom. The molecule has 0 fully saturated rings. The summed E-state index contributed by atoms with van der Waals surface area (Å²) in [5.41, 5.74) is -0.773. The predicted molar refractivity (Wildman–Crippen MR) is 64.1 cm³/mol. The van der Waals surface area contributed by atoms with E-state index >= 15 is 0 Å². The summed E-state index contributed by atoms with van der Waals surface area (Å²) in [5.74, 6) is -0.983. The van der Waals surface area contributed by atoms with Gasteiger partial charge in [0.15, 0.2) is 0 Å². The average Bonchev–Trinajstić information content (AvgIpc) is 2.42. The van der Waals surface area contributed by atoms with Crippen molar-refractivity contribution >= 4 is 5.97 Å². The molecule has 1 unspecified atom stereocenters. The molecule has 0 bridgehead atoms. The molecule has 0 heterocycles. The molecule has 1 rings (SSSR count). The highest BCUT2D eigenvalue weighted by Crippen LogP contribution is 2.30. The van der Waals surface area contributed by atoms with Gasteiger partial charge in [-0.15, -0.1) is 0 Å². The van der Waals surface area contributed by atoms with Crippen molar-refractivity contribution in [3.63, 3.8) is 0 Å². The van der Waals surface area contributed by atoms with Crippen LogP contribution in [0.15, 0.2) is 24.3 Å². The van der Waals surface area contributed by atoms with Crippen molar-refractivity contribution in [3.8, 4) is 5.75 Å². The lowest BCUT2D eigenvalue weighted by Crippen LogP contribution is -2.24. The maximum atomic E-state index is 12.4. The lowest BCUT2D eigenvalue weighted by Gasteiger charge is -2.15. The van der Waals surface area contributed by atoms with E-state index in [0.29, 0.717) is 0 Å². The number of carbonyl (C=O) groups is 1. The van der Waals surface area contributed by atoms with E-state index in [1.807, 2.05) is 0 Å². The lowest BCUT2D eigenvalue weighted by molar-refractivity contribution is -0.147. The van der Waals surface area contributed by atoms with Crippen molar-refractivity contribution in [1.82, 2.24) is 0 Å². The zero-order valence-electron chi connectivity index (χ0n) is 10.8. The number of benzene rings is 1. The van der Waals surface area contributed by atoms with Gasteiger partial charge in [0.25, 0.3) is 0 Å². The van der Waals surface area contributed by atoms with Gasteiger partial charge < -0.3 is 14.6 Å². The number of alkyl halides is 3. The molecule has 1 aromatic carbocycles. The molecule has 1 N–H and O–H groups in total. The average molecular weight is 292 g/mol. The molecular formula is C13H15F3O4. The van der Waals surface area contributed by atoms with Crippen LogP contribution in [-0.4, -0.2) is 31.4 Å². The number of aliphatic hydroxyl groups is 1.